The van der Waals surface area contributed by atoms with Gasteiger partial charge in [0.15, 0.2) is 0 Å². The van der Waals surface area contributed by atoms with Crippen LogP contribution in [0.4, 0.5) is 0 Å². The number of ether oxygens (including phenoxy) is 1. The molecule has 1 aromatic carbocycles. The summed E-state index contributed by atoms with van der Waals surface area (Å²) in [6, 6.07) is 10.8. The van der Waals surface area contributed by atoms with Gasteiger partial charge in [-0.25, -0.2) is 4.98 Å². The summed E-state index contributed by atoms with van der Waals surface area (Å²) in [4.78, 5) is 16.1. The molecule has 0 saturated heterocycles. The zero-order valence-electron chi connectivity index (χ0n) is 13.1. The minimum Gasteiger partial charge on any atom is -0.439 e. The van der Waals surface area contributed by atoms with E-state index in [4.69, 9.17) is 10.5 Å². The molecule has 0 radical (unpaired) electrons. The molecule has 1 unspecified atom stereocenters. The van der Waals surface area contributed by atoms with Gasteiger partial charge in [0.2, 0.25) is 5.88 Å². The molecule has 1 atom stereocenters. The first kappa shape index (κ1) is 22.7. The number of nitrogens with zero attached hydrogens (tertiary/aromatic N) is 1. The fourth-order valence-corrected chi connectivity index (χ4v) is 2.06. The molecule has 0 bridgehead atoms. The van der Waals surface area contributed by atoms with E-state index in [-0.39, 0.29) is 36.6 Å². The molecule has 24 heavy (non-hydrogen) atoms. The second kappa shape index (κ2) is 11.3. The molecule has 2 rings (SSSR count). The summed E-state index contributed by atoms with van der Waals surface area (Å²) in [5.41, 5.74) is 6.01. The second-order valence-corrected chi connectivity index (χ2v) is 5.91. The predicted molar refractivity (Wildman–Crippen MR) is 104 cm³/mol. The number of halogens is 3. The summed E-state index contributed by atoms with van der Waals surface area (Å²) in [7, 11) is 0. The van der Waals surface area contributed by atoms with Gasteiger partial charge in [-0.15, -0.1) is 24.8 Å². The minimum absolute atomic E-state index is 0. The molecule has 0 fully saturated rings. The largest absolute Gasteiger partial charge is 0.439 e. The highest BCUT2D eigenvalue weighted by Gasteiger charge is 2.08. The Morgan fingerprint density at radius 1 is 1.33 bits per heavy atom. The fraction of sp³-hybridized carbons (Fsp3) is 0.250. The number of amides is 1. The van der Waals surface area contributed by atoms with Crippen LogP contribution in [0.25, 0.3) is 0 Å². The van der Waals surface area contributed by atoms with E-state index in [0.29, 0.717) is 30.3 Å². The van der Waals surface area contributed by atoms with Crippen LogP contribution in [-0.2, 0) is 0 Å². The number of aromatic nitrogens is 1. The molecule has 8 heteroatoms. The van der Waals surface area contributed by atoms with E-state index in [1.54, 1.807) is 12.1 Å². The number of nitrogens with two attached hydrogens (primary N) is 1. The van der Waals surface area contributed by atoms with Gasteiger partial charge in [0.05, 0.1) is 5.56 Å². The van der Waals surface area contributed by atoms with Gasteiger partial charge < -0.3 is 15.8 Å². The maximum Gasteiger partial charge on any atom is 0.252 e. The normalized spacial score (nSPS) is 10.8. The lowest BCUT2D eigenvalue weighted by molar-refractivity contribution is 0.0948. The van der Waals surface area contributed by atoms with E-state index in [2.05, 4.69) is 26.2 Å². The maximum atomic E-state index is 11.9. The van der Waals surface area contributed by atoms with Gasteiger partial charge >= 0.3 is 0 Å². The van der Waals surface area contributed by atoms with Crippen LogP contribution in [0.1, 0.15) is 17.3 Å². The first-order chi connectivity index (χ1) is 10.6. The topological polar surface area (TPSA) is 77.2 Å². The highest BCUT2D eigenvalue weighted by Crippen LogP contribution is 2.22. The van der Waals surface area contributed by atoms with E-state index in [1.165, 1.54) is 6.20 Å². The van der Waals surface area contributed by atoms with Crippen molar-refractivity contribution in [1.82, 2.24) is 10.3 Å². The molecule has 5 nitrogen and oxygen atoms in total. The number of hydrogen-bond donors (Lipinski definition) is 2. The van der Waals surface area contributed by atoms with Crippen molar-refractivity contribution in [1.29, 1.82) is 0 Å². The number of benzene rings is 1. The third kappa shape index (κ3) is 7.05. The third-order valence-electron chi connectivity index (χ3n) is 3.03. The Morgan fingerprint density at radius 2 is 2.08 bits per heavy atom. The van der Waals surface area contributed by atoms with Crippen LogP contribution in [0.2, 0.25) is 0 Å². The summed E-state index contributed by atoms with van der Waals surface area (Å²) in [6.07, 6.45) is 1.50. The van der Waals surface area contributed by atoms with Gasteiger partial charge in [-0.3, -0.25) is 4.79 Å². The second-order valence-electron chi connectivity index (χ2n) is 5.00. The van der Waals surface area contributed by atoms with Gasteiger partial charge in [-0.1, -0.05) is 28.9 Å². The first-order valence-electron chi connectivity index (χ1n) is 6.96. The molecule has 1 heterocycles. The molecule has 0 aliphatic carbocycles. The summed E-state index contributed by atoms with van der Waals surface area (Å²) in [6.45, 7) is 3.07. The van der Waals surface area contributed by atoms with Crippen LogP contribution in [-0.4, -0.2) is 24.0 Å². The predicted octanol–water partition coefficient (Wildman–Crippen LogP) is 3.80. The lowest BCUT2D eigenvalue weighted by atomic mass is 10.2. The van der Waals surface area contributed by atoms with Crippen molar-refractivity contribution in [3.63, 3.8) is 0 Å². The molecule has 0 spiro atoms. The molecule has 2 aromatic rings. The average molecular weight is 437 g/mol. The summed E-state index contributed by atoms with van der Waals surface area (Å²) in [5.74, 6) is 1.19. The molecular formula is C16H20BrCl2N3O2. The number of nitrogens with one attached hydrogen (secondary N) is 1. The molecule has 1 aromatic heterocycles. The van der Waals surface area contributed by atoms with Crippen molar-refractivity contribution >= 4 is 46.7 Å². The van der Waals surface area contributed by atoms with E-state index >= 15 is 0 Å². The monoisotopic (exact) mass is 435 g/mol. The maximum absolute atomic E-state index is 11.9. The van der Waals surface area contributed by atoms with Crippen molar-refractivity contribution in [3.05, 3.63) is 52.6 Å². The molecule has 132 valence electrons. The van der Waals surface area contributed by atoms with Crippen molar-refractivity contribution < 1.29 is 9.53 Å². The molecule has 0 saturated carbocycles. The molecule has 1 amide bonds. The summed E-state index contributed by atoms with van der Waals surface area (Å²) in [5, 5.41) is 2.82. The Morgan fingerprint density at radius 3 is 2.67 bits per heavy atom. The van der Waals surface area contributed by atoms with Crippen molar-refractivity contribution in [2.24, 2.45) is 11.7 Å². The lowest BCUT2D eigenvalue weighted by Crippen LogP contribution is -2.31. The summed E-state index contributed by atoms with van der Waals surface area (Å²) >= 11 is 3.38. The van der Waals surface area contributed by atoms with Crippen molar-refractivity contribution in [3.8, 4) is 11.6 Å². The van der Waals surface area contributed by atoms with Crippen LogP contribution in [0.3, 0.4) is 0 Å². The Kier molecular flexibility index (Phi) is 10.6. The number of carbonyl (C=O) groups is 1. The van der Waals surface area contributed by atoms with Gasteiger partial charge in [0.25, 0.3) is 5.91 Å². The van der Waals surface area contributed by atoms with E-state index < -0.39 is 0 Å². The minimum atomic E-state index is -0.165. The van der Waals surface area contributed by atoms with Gasteiger partial charge in [0, 0.05) is 23.3 Å². The Hall–Kier alpha value is -1.34. The van der Waals surface area contributed by atoms with Crippen LogP contribution >= 0.6 is 40.7 Å². The quantitative estimate of drug-likeness (QED) is 0.721. The fourth-order valence-electron chi connectivity index (χ4n) is 1.68. The van der Waals surface area contributed by atoms with E-state index in [0.717, 1.165) is 4.47 Å². The lowest BCUT2D eigenvalue weighted by Gasteiger charge is -2.10. The zero-order chi connectivity index (χ0) is 15.9. The highest BCUT2D eigenvalue weighted by molar-refractivity contribution is 9.10. The van der Waals surface area contributed by atoms with Gasteiger partial charge in [0.1, 0.15) is 5.75 Å². The molecule has 0 aliphatic heterocycles. The smallest absolute Gasteiger partial charge is 0.252 e. The van der Waals surface area contributed by atoms with Crippen LogP contribution in [0.15, 0.2) is 47.1 Å². The van der Waals surface area contributed by atoms with Crippen LogP contribution in [0, 0.1) is 5.92 Å². The third-order valence-corrected chi connectivity index (χ3v) is 3.52. The van der Waals surface area contributed by atoms with Crippen LogP contribution < -0.4 is 15.8 Å². The SMILES string of the molecule is CC(CN)CNC(=O)c1ccc(Oc2cccc(Br)c2)nc1.Cl.Cl. The van der Waals surface area contributed by atoms with Gasteiger partial charge in [-0.2, -0.15) is 0 Å². The van der Waals surface area contributed by atoms with Crippen molar-refractivity contribution in [2.75, 3.05) is 13.1 Å². The Labute approximate surface area is 162 Å². The number of hydrogen-bond acceptors (Lipinski definition) is 4. The average Bonchev–Trinajstić information content (AvgIpc) is 2.53. The van der Waals surface area contributed by atoms with Crippen molar-refractivity contribution in [2.45, 2.75) is 6.92 Å². The Balaban J connectivity index is 0.00000264. The van der Waals surface area contributed by atoms with Gasteiger partial charge in [-0.05, 0) is 36.7 Å². The van der Waals surface area contributed by atoms with Crippen LogP contribution in [0.5, 0.6) is 11.6 Å². The summed E-state index contributed by atoms with van der Waals surface area (Å²) < 4.78 is 6.55. The molecule has 0 aliphatic rings. The Bertz CT molecular complexity index is 641. The molecule has 3 N–H and O–H groups in total. The number of rotatable bonds is 6. The zero-order valence-corrected chi connectivity index (χ0v) is 16.3. The van der Waals surface area contributed by atoms with E-state index in [1.807, 2.05) is 31.2 Å². The van der Waals surface area contributed by atoms with E-state index in [9.17, 15) is 4.79 Å². The highest BCUT2D eigenvalue weighted by atomic mass is 79.9. The molecular weight excluding hydrogens is 417 g/mol. The number of carbonyl (C=O) groups excluding carboxylic acids is 1. The standard InChI is InChI=1S/C16H18BrN3O2.2ClH/c1-11(8-18)9-20-16(21)12-5-6-15(19-10-12)22-14-4-2-3-13(17)7-14;;/h2-7,10-11H,8-9,18H2,1H3,(H,20,21);2*1H. The first-order valence-corrected chi connectivity index (χ1v) is 7.75. The number of pyridine rings is 1.